The fourth-order valence-corrected chi connectivity index (χ4v) is 4.19. The minimum Gasteiger partial charge on any atom is -0.481 e. The summed E-state index contributed by atoms with van der Waals surface area (Å²) in [5.74, 6) is -1.67. The predicted molar refractivity (Wildman–Crippen MR) is 80.6 cm³/mol. The third-order valence-electron chi connectivity index (χ3n) is 3.64. The second-order valence-corrected chi connectivity index (χ2v) is 7.52. The summed E-state index contributed by atoms with van der Waals surface area (Å²) >= 11 is 0. The van der Waals surface area contributed by atoms with Crippen LogP contribution in [0.3, 0.4) is 0 Å². The lowest BCUT2D eigenvalue weighted by Gasteiger charge is -2.14. The minimum atomic E-state index is -3.66. The zero-order valence-corrected chi connectivity index (χ0v) is 13.9. The van der Waals surface area contributed by atoms with E-state index in [9.17, 15) is 18.0 Å². The first kappa shape index (κ1) is 17.5. The summed E-state index contributed by atoms with van der Waals surface area (Å²) < 4.78 is 31.7. The van der Waals surface area contributed by atoms with Gasteiger partial charge in [0.25, 0.3) is 5.91 Å². The highest BCUT2D eigenvalue weighted by molar-refractivity contribution is 7.89. The van der Waals surface area contributed by atoms with Gasteiger partial charge >= 0.3 is 5.97 Å². The molecule has 8 nitrogen and oxygen atoms in total. The first-order valence-electron chi connectivity index (χ1n) is 7.35. The summed E-state index contributed by atoms with van der Waals surface area (Å²) in [4.78, 5) is 22.6. The zero-order valence-electron chi connectivity index (χ0n) is 13.0. The third-order valence-corrected chi connectivity index (χ3v) is 5.64. The molecule has 128 valence electrons. The molecule has 1 aromatic heterocycles. The molecular formula is C14H20N2O6S. The molecule has 1 saturated heterocycles. The lowest BCUT2D eigenvalue weighted by atomic mass is 10.2. The van der Waals surface area contributed by atoms with Gasteiger partial charge in [0, 0.05) is 25.2 Å². The molecule has 0 saturated carbocycles. The van der Waals surface area contributed by atoms with Crippen LogP contribution < -0.4 is 5.32 Å². The monoisotopic (exact) mass is 344 g/mol. The van der Waals surface area contributed by atoms with Gasteiger partial charge in [0.2, 0.25) is 10.0 Å². The van der Waals surface area contributed by atoms with E-state index in [2.05, 4.69) is 5.32 Å². The normalized spacial score (nSPS) is 17.1. The molecule has 1 aromatic rings. The van der Waals surface area contributed by atoms with E-state index in [0.29, 0.717) is 13.1 Å². The number of hydrogen-bond acceptors (Lipinski definition) is 5. The molecule has 23 heavy (non-hydrogen) atoms. The first-order chi connectivity index (χ1) is 10.7. The van der Waals surface area contributed by atoms with E-state index in [1.54, 1.807) is 6.92 Å². The summed E-state index contributed by atoms with van der Waals surface area (Å²) in [7, 11) is -3.66. The van der Waals surface area contributed by atoms with Crippen LogP contribution in [0.5, 0.6) is 0 Å². The molecule has 0 aromatic carbocycles. The number of rotatable bonds is 6. The molecular weight excluding hydrogens is 324 g/mol. The van der Waals surface area contributed by atoms with Crippen LogP contribution in [-0.4, -0.2) is 48.8 Å². The Morgan fingerprint density at radius 2 is 2.00 bits per heavy atom. The van der Waals surface area contributed by atoms with Gasteiger partial charge in [-0.3, -0.25) is 9.59 Å². The molecule has 1 aliphatic heterocycles. The maximum absolute atomic E-state index is 12.5. The minimum absolute atomic E-state index is 0.0181. The number of aliphatic carboxylic acids is 1. The quantitative estimate of drug-likeness (QED) is 0.794. The summed E-state index contributed by atoms with van der Waals surface area (Å²) in [6.45, 7) is 3.96. The number of nitrogens with one attached hydrogen (secondary N) is 1. The van der Waals surface area contributed by atoms with Gasteiger partial charge in [-0.1, -0.05) is 0 Å². The van der Waals surface area contributed by atoms with Crippen molar-refractivity contribution in [1.82, 2.24) is 9.62 Å². The number of carboxylic acids is 1. The molecule has 0 spiro atoms. The molecule has 2 heterocycles. The van der Waals surface area contributed by atoms with Crippen molar-refractivity contribution in [2.24, 2.45) is 0 Å². The molecule has 1 atom stereocenters. The van der Waals surface area contributed by atoms with Crippen molar-refractivity contribution in [3.8, 4) is 0 Å². The molecule has 2 N–H and O–H groups in total. The molecule has 9 heteroatoms. The fraction of sp³-hybridized carbons (Fsp3) is 0.571. The van der Waals surface area contributed by atoms with Gasteiger partial charge in [-0.25, -0.2) is 8.42 Å². The average molecular weight is 344 g/mol. The predicted octanol–water partition coefficient (Wildman–Crippen LogP) is 0.966. The van der Waals surface area contributed by atoms with Crippen molar-refractivity contribution in [3.63, 3.8) is 0 Å². The van der Waals surface area contributed by atoms with Crippen LogP contribution in [0.25, 0.3) is 0 Å². The third kappa shape index (κ3) is 3.91. The number of amides is 1. The molecule has 1 amide bonds. The first-order valence-corrected chi connectivity index (χ1v) is 8.79. The SMILES string of the molecule is Cc1oc(C(=O)NC(C)CC(=O)O)cc1S(=O)(=O)N1CCCC1. The molecule has 2 rings (SSSR count). The van der Waals surface area contributed by atoms with Crippen LogP contribution in [0.1, 0.15) is 42.5 Å². The van der Waals surface area contributed by atoms with E-state index < -0.39 is 27.9 Å². The van der Waals surface area contributed by atoms with Gasteiger partial charge in [0.1, 0.15) is 10.7 Å². The van der Waals surface area contributed by atoms with Crippen LogP contribution in [-0.2, 0) is 14.8 Å². The van der Waals surface area contributed by atoms with Crippen LogP contribution in [0.4, 0.5) is 0 Å². The summed E-state index contributed by atoms with van der Waals surface area (Å²) in [6.07, 6.45) is 1.40. The van der Waals surface area contributed by atoms with E-state index in [0.717, 1.165) is 12.8 Å². The van der Waals surface area contributed by atoms with Crippen LogP contribution in [0.2, 0.25) is 0 Å². The number of furan rings is 1. The van der Waals surface area contributed by atoms with E-state index in [4.69, 9.17) is 9.52 Å². The standard InChI is InChI=1S/C14H20N2O6S/c1-9(7-13(17)18)15-14(19)11-8-12(10(2)22-11)23(20,21)16-5-3-4-6-16/h8-9H,3-7H2,1-2H3,(H,15,19)(H,17,18). The van der Waals surface area contributed by atoms with Gasteiger partial charge < -0.3 is 14.8 Å². The van der Waals surface area contributed by atoms with Gasteiger partial charge in [-0.15, -0.1) is 0 Å². The lowest BCUT2D eigenvalue weighted by molar-refractivity contribution is -0.137. The molecule has 0 bridgehead atoms. The van der Waals surface area contributed by atoms with E-state index in [-0.39, 0.29) is 22.8 Å². The highest BCUT2D eigenvalue weighted by atomic mass is 32.2. The largest absolute Gasteiger partial charge is 0.481 e. The van der Waals surface area contributed by atoms with E-state index in [1.165, 1.54) is 17.3 Å². The summed E-state index contributed by atoms with van der Waals surface area (Å²) in [5, 5.41) is 11.2. The Hall–Kier alpha value is -1.87. The average Bonchev–Trinajstić information content (AvgIpc) is 3.06. The van der Waals surface area contributed by atoms with Gasteiger partial charge in [0.05, 0.1) is 6.42 Å². The fourth-order valence-electron chi connectivity index (χ4n) is 2.51. The number of aryl methyl sites for hydroxylation is 1. The number of sulfonamides is 1. The van der Waals surface area contributed by atoms with Crippen molar-refractivity contribution in [2.75, 3.05) is 13.1 Å². The summed E-state index contributed by atoms with van der Waals surface area (Å²) in [5.41, 5.74) is 0. The van der Waals surface area contributed by atoms with E-state index in [1.807, 2.05) is 0 Å². The number of carbonyl (C=O) groups is 2. The van der Waals surface area contributed by atoms with Crippen molar-refractivity contribution in [3.05, 3.63) is 17.6 Å². The Labute approximate surface area is 134 Å². The number of carbonyl (C=O) groups excluding carboxylic acids is 1. The number of hydrogen-bond donors (Lipinski definition) is 2. The van der Waals surface area contributed by atoms with Gasteiger partial charge in [-0.2, -0.15) is 4.31 Å². The molecule has 0 aliphatic carbocycles. The molecule has 1 unspecified atom stereocenters. The second-order valence-electron chi connectivity index (χ2n) is 5.61. The smallest absolute Gasteiger partial charge is 0.305 e. The zero-order chi connectivity index (χ0) is 17.2. The lowest BCUT2D eigenvalue weighted by Crippen LogP contribution is -2.34. The Bertz CT molecular complexity index is 703. The number of nitrogens with zero attached hydrogens (tertiary/aromatic N) is 1. The molecule has 1 aliphatic rings. The Balaban J connectivity index is 2.17. The van der Waals surface area contributed by atoms with Crippen LogP contribution in [0, 0.1) is 6.92 Å². The topological polar surface area (TPSA) is 117 Å². The maximum Gasteiger partial charge on any atom is 0.305 e. The molecule has 0 radical (unpaired) electrons. The van der Waals surface area contributed by atoms with Crippen molar-refractivity contribution >= 4 is 21.9 Å². The highest BCUT2D eigenvalue weighted by Crippen LogP contribution is 2.26. The maximum atomic E-state index is 12.5. The Morgan fingerprint density at radius 1 is 1.39 bits per heavy atom. The summed E-state index contributed by atoms with van der Waals surface area (Å²) in [6, 6.07) is 0.607. The number of carboxylic acid groups (broad SMARTS) is 1. The Kier molecular flexibility index (Phi) is 5.10. The van der Waals surface area contributed by atoms with Crippen LogP contribution in [0.15, 0.2) is 15.4 Å². The van der Waals surface area contributed by atoms with Gasteiger partial charge in [-0.05, 0) is 26.7 Å². The van der Waals surface area contributed by atoms with Crippen molar-refractivity contribution in [1.29, 1.82) is 0 Å². The Morgan fingerprint density at radius 3 is 2.57 bits per heavy atom. The van der Waals surface area contributed by atoms with E-state index >= 15 is 0 Å². The second kappa shape index (κ2) is 6.71. The van der Waals surface area contributed by atoms with Crippen molar-refractivity contribution in [2.45, 2.75) is 44.0 Å². The highest BCUT2D eigenvalue weighted by Gasteiger charge is 2.31. The van der Waals surface area contributed by atoms with Crippen molar-refractivity contribution < 1.29 is 27.5 Å². The van der Waals surface area contributed by atoms with Gasteiger partial charge in [0.15, 0.2) is 5.76 Å². The molecule has 1 fully saturated rings. The van der Waals surface area contributed by atoms with Crippen LogP contribution >= 0.6 is 0 Å².